The van der Waals surface area contributed by atoms with Crippen molar-refractivity contribution in [2.45, 2.75) is 13.8 Å². The number of hydrogen-bond donors (Lipinski definition) is 1. The van der Waals surface area contributed by atoms with Crippen LogP contribution in [0.25, 0.3) is 0 Å². The van der Waals surface area contributed by atoms with Crippen molar-refractivity contribution in [3.05, 3.63) is 59.4 Å². The number of likely N-dealkylation sites (N-methyl/N-ethyl adjacent to an activating group) is 1. The van der Waals surface area contributed by atoms with Gasteiger partial charge in [0.1, 0.15) is 11.6 Å². The smallest absolute Gasteiger partial charge is 0.135 e. The second-order valence-corrected chi connectivity index (χ2v) is 3.70. The molecule has 0 amide bonds. The van der Waals surface area contributed by atoms with E-state index in [-0.39, 0.29) is 11.3 Å². The maximum Gasteiger partial charge on any atom is 0.135 e. The Kier molecular flexibility index (Phi) is 4.77. The summed E-state index contributed by atoms with van der Waals surface area (Å²) in [6.07, 6.45) is 1.72. The van der Waals surface area contributed by atoms with Crippen molar-refractivity contribution in [1.82, 2.24) is 5.32 Å². The predicted octanol–water partition coefficient (Wildman–Crippen LogP) is 3.41. The van der Waals surface area contributed by atoms with Crippen LogP contribution in [0.2, 0.25) is 0 Å². The summed E-state index contributed by atoms with van der Waals surface area (Å²) in [6, 6.07) is 3.74. The second-order valence-electron chi connectivity index (χ2n) is 3.70. The van der Waals surface area contributed by atoms with Crippen molar-refractivity contribution in [3.63, 3.8) is 0 Å². The van der Waals surface area contributed by atoms with E-state index < -0.39 is 11.6 Å². The van der Waals surface area contributed by atoms with Gasteiger partial charge in [-0.3, -0.25) is 4.99 Å². The Bertz CT molecular complexity index is 496. The highest BCUT2D eigenvalue weighted by Gasteiger charge is 2.12. The zero-order valence-electron chi connectivity index (χ0n) is 10.7. The molecule has 0 saturated heterocycles. The van der Waals surface area contributed by atoms with E-state index in [0.717, 1.165) is 0 Å². The first kappa shape index (κ1) is 14.1. The van der Waals surface area contributed by atoms with Crippen molar-refractivity contribution < 1.29 is 8.78 Å². The number of benzene rings is 1. The maximum absolute atomic E-state index is 13.6. The van der Waals surface area contributed by atoms with E-state index in [1.807, 2.05) is 0 Å². The van der Waals surface area contributed by atoms with Gasteiger partial charge < -0.3 is 5.32 Å². The molecule has 0 aliphatic rings. The van der Waals surface area contributed by atoms with Crippen molar-refractivity contribution in [2.75, 3.05) is 7.05 Å². The Morgan fingerprint density at radius 2 is 1.89 bits per heavy atom. The van der Waals surface area contributed by atoms with Crippen LogP contribution >= 0.6 is 0 Å². The molecule has 0 atom stereocenters. The van der Waals surface area contributed by atoms with Gasteiger partial charge in [0.15, 0.2) is 0 Å². The summed E-state index contributed by atoms with van der Waals surface area (Å²) in [7, 11) is 1.71. The molecule has 18 heavy (non-hydrogen) atoms. The molecular weight excluding hydrogens is 234 g/mol. The van der Waals surface area contributed by atoms with E-state index in [1.165, 1.54) is 18.2 Å². The summed E-state index contributed by atoms with van der Waals surface area (Å²) in [5.41, 5.74) is 1.31. The van der Waals surface area contributed by atoms with Crippen LogP contribution in [0.1, 0.15) is 19.4 Å². The van der Waals surface area contributed by atoms with E-state index in [4.69, 9.17) is 0 Å². The molecule has 0 aromatic heterocycles. The summed E-state index contributed by atoms with van der Waals surface area (Å²) < 4.78 is 27.1. The number of rotatable bonds is 4. The molecule has 1 N–H and O–H groups in total. The molecule has 0 heterocycles. The molecule has 1 aromatic rings. The molecule has 0 spiro atoms. The molecule has 0 bridgehead atoms. The molecule has 0 aliphatic carbocycles. The molecule has 96 valence electrons. The zero-order valence-corrected chi connectivity index (χ0v) is 10.7. The van der Waals surface area contributed by atoms with Crippen LogP contribution < -0.4 is 5.32 Å². The molecule has 0 fully saturated rings. The lowest BCUT2D eigenvalue weighted by Crippen LogP contribution is -2.09. The lowest BCUT2D eigenvalue weighted by atomic mass is 10.1. The van der Waals surface area contributed by atoms with Gasteiger partial charge in [-0.1, -0.05) is 18.7 Å². The van der Waals surface area contributed by atoms with Crippen LogP contribution in [-0.4, -0.2) is 12.8 Å². The van der Waals surface area contributed by atoms with Crippen molar-refractivity contribution >= 4 is 5.71 Å². The molecule has 0 saturated carbocycles. The highest BCUT2D eigenvalue weighted by Crippen LogP contribution is 2.16. The molecule has 4 heteroatoms. The minimum absolute atomic E-state index is 0.110. The van der Waals surface area contributed by atoms with E-state index in [0.29, 0.717) is 11.4 Å². The molecule has 1 aromatic carbocycles. The van der Waals surface area contributed by atoms with Crippen LogP contribution in [0, 0.1) is 11.6 Å². The van der Waals surface area contributed by atoms with Crippen LogP contribution in [0.5, 0.6) is 0 Å². The van der Waals surface area contributed by atoms with Gasteiger partial charge in [-0.05, 0) is 26.0 Å². The molecule has 0 aliphatic heterocycles. The summed E-state index contributed by atoms with van der Waals surface area (Å²) in [6.45, 7) is 7.11. The summed E-state index contributed by atoms with van der Waals surface area (Å²) in [4.78, 5) is 4.19. The van der Waals surface area contributed by atoms with Crippen LogP contribution in [0.3, 0.4) is 0 Å². The topological polar surface area (TPSA) is 24.4 Å². The normalized spacial score (nSPS) is 12.5. The largest absolute Gasteiger partial charge is 0.387 e. The lowest BCUT2D eigenvalue weighted by Gasteiger charge is -2.08. The Balaban J connectivity index is 3.21. The van der Waals surface area contributed by atoms with Gasteiger partial charge in [-0.15, -0.1) is 0 Å². The first-order valence-corrected chi connectivity index (χ1v) is 5.54. The Morgan fingerprint density at radius 3 is 2.33 bits per heavy atom. The van der Waals surface area contributed by atoms with Crippen LogP contribution in [0.15, 0.2) is 47.2 Å². The standard InChI is InChI=1S/C14H16F2N2/c1-5-13(9(2)17-4)18-10(3)14-11(15)7-6-8-12(14)16/h5-8,17H,2H2,1,3-4H3/b13-5-,18-10?. The molecule has 1 rings (SSSR count). The monoisotopic (exact) mass is 250 g/mol. The average molecular weight is 250 g/mol. The number of halogens is 2. The number of nitrogens with one attached hydrogen (secondary N) is 1. The SMILES string of the molecule is C=C(NC)/C(=C/C)N=C(C)c1c(F)cccc1F. The third-order valence-electron chi connectivity index (χ3n) is 2.50. The number of aliphatic imine (C=N–C) groups is 1. The van der Waals surface area contributed by atoms with E-state index in [9.17, 15) is 8.78 Å². The fourth-order valence-electron chi connectivity index (χ4n) is 1.51. The highest BCUT2D eigenvalue weighted by atomic mass is 19.1. The Morgan fingerprint density at radius 1 is 1.33 bits per heavy atom. The molecule has 2 nitrogen and oxygen atoms in total. The number of allylic oxidation sites excluding steroid dienone is 1. The fourth-order valence-corrected chi connectivity index (χ4v) is 1.51. The molecule has 0 radical (unpaired) electrons. The quantitative estimate of drug-likeness (QED) is 0.642. The van der Waals surface area contributed by atoms with Crippen LogP contribution in [0.4, 0.5) is 8.78 Å². The molecular formula is C14H16F2N2. The van der Waals surface area contributed by atoms with Crippen molar-refractivity contribution in [1.29, 1.82) is 0 Å². The van der Waals surface area contributed by atoms with E-state index in [2.05, 4.69) is 16.9 Å². The number of nitrogens with zero attached hydrogens (tertiary/aromatic N) is 1. The van der Waals surface area contributed by atoms with Gasteiger partial charge in [0.2, 0.25) is 0 Å². The minimum Gasteiger partial charge on any atom is -0.387 e. The first-order chi connectivity index (χ1) is 8.51. The van der Waals surface area contributed by atoms with Gasteiger partial charge in [0.25, 0.3) is 0 Å². The highest BCUT2D eigenvalue weighted by molar-refractivity contribution is 6.00. The predicted molar refractivity (Wildman–Crippen MR) is 70.5 cm³/mol. The maximum atomic E-state index is 13.6. The minimum atomic E-state index is -0.623. The van der Waals surface area contributed by atoms with Gasteiger partial charge in [-0.2, -0.15) is 0 Å². The van der Waals surface area contributed by atoms with Crippen molar-refractivity contribution in [2.24, 2.45) is 4.99 Å². The fraction of sp³-hybridized carbons (Fsp3) is 0.214. The van der Waals surface area contributed by atoms with E-state index in [1.54, 1.807) is 27.0 Å². The van der Waals surface area contributed by atoms with E-state index >= 15 is 0 Å². The van der Waals surface area contributed by atoms with Gasteiger partial charge in [-0.25, -0.2) is 8.78 Å². The van der Waals surface area contributed by atoms with Gasteiger partial charge >= 0.3 is 0 Å². The lowest BCUT2D eigenvalue weighted by molar-refractivity contribution is 0.579. The molecule has 0 unspecified atom stereocenters. The van der Waals surface area contributed by atoms with Crippen molar-refractivity contribution in [3.8, 4) is 0 Å². The van der Waals surface area contributed by atoms with Gasteiger partial charge in [0.05, 0.1) is 22.7 Å². The Hall–Kier alpha value is -1.97. The third kappa shape index (κ3) is 3.03. The first-order valence-electron chi connectivity index (χ1n) is 5.54. The summed E-state index contributed by atoms with van der Waals surface area (Å²) in [5.74, 6) is -1.25. The summed E-state index contributed by atoms with van der Waals surface area (Å²) >= 11 is 0. The average Bonchev–Trinajstić information content (AvgIpc) is 2.34. The Labute approximate surface area is 106 Å². The summed E-state index contributed by atoms with van der Waals surface area (Å²) in [5, 5.41) is 2.84. The van der Waals surface area contributed by atoms with Gasteiger partial charge in [0, 0.05) is 7.05 Å². The number of hydrogen-bond acceptors (Lipinski definition) is 2. The second kappa shape index (κ2) is 6.10. The zero-order chi connectivity index (χ0) is 13.7. The van der Waals surface area contributed by atoms with Crippen LogP contribution in [-0.2, 0) is 0 Å². The third-order valence-corrected chi connectivity index (χ3v) is 2.50.